The SMILES string of the molecule is N#Cc1ccc(S(=O)(=O)N2CCN(c3cc(C(F)(F)F)ccn3)CC2)cc1. The Morgan fingerprint density at radius 2 is 1.67 bits per heavy atom. The van der Waals surface area contributed by atoms with E-state index in [2.05, 4.69) is 4.98 Å². The number of piperazine rings is 1. The third-order valence-electron chi connectivity index (χ3n) is 4.26. The molecule has 0 bridgehead atoms. The fourth-order valence-corrected chi connectivity index (χ4v) is 4.20. The number of alkyl halides is 3. The van der Waals surface area contributed by atoms with Gasteiger partial charge in [0.25, 0.3) is 0 Å². The fourth-order valence-electron chi connectivity index (χ4n) is 2.78. The van der Waals surface area contributed by atoms with E-state index in [0.29, 0.717) is 5.56 Å². The minimum absolute atomic E-state index is 0.0761. The van der Waals surface area contributed by atoms with Gasteiger partial charge in [0.1, 0.15) is 5.82 Å². The van der Waals surface area contributed by atoms with Gasteiger partial charge in [-0.1, -0.05) is 0 Å². The second kappa shape index (κ2) is 7.17. The lowest BCUT2D eigenvalue weighted by molar-refractivity contribution is -0.137. The number of halogens is 3. The summed E-state index contributed by atoms with van der Waals surface area (Å²) in [4.78, 5) is 5.67. The number of rotatable bonds is 3. The Bertz CT molecular complexity index is 961. The topological polar surface area (TPSA) is 77.3 Å². The van der Waals surface area contributed by atoms with Crippen molar-refractivity contribution in [3.05, 3.63) is 53.7 Å². The predicted molar refractivity (Wildman–Crippen MR) is 91.4 cm³/mol. The summed E-state index contributed by atoms with van der Waals surface area (Å²) in [6.45, 7) is 0.703. The molecule has 10 heteroatoms. The highest BCUT2D eigenvalue weighted by molar-refractivity contribution is 7.89. The van der Waals surface area contributed by atoms with Crippen molar-refractivity contribution in [2.45, 2.75) is 11.1 Å². The van der Waals surface area contributed by atoms with E-state index in [0.717, 1.165) is 18.3 Å². The van der Waals surface area contributed by atoms with Gasteiger partial charge in [0.2, 0.25) is 10.0 Å². The largest absolute Gasteiger partial charge is 0.416 e. The van der Waals surface area contributed by atoms with Crippen molar-refractivity contribution in [3.8, 4) is 6.07 Å². The van der Waals surface area contributed by atoms with Crippen LogP contribution in [-0.2, 0) is 16.2 Å². The van der Waals surface area contributed by atoms with E-state index < -0.39 is 21.8 Å². The highest BCUT2D eigenvalue weighted by Crippen LogP contribution is 2.31. The Labute approximate surface area is 154 Å². The number of benzene rings is 1. The van der Waals surface area contributed by atoms with Crippen molar-refractivity contribution in [1.82, 2.24) is 9.29 Å². The Morgan fingerprint density at radius 3 is 2.22 bits per heavy atom. The smallest absolute Gasteiger partial charge is 0.354 e. The molecular formula is C17H15F3N4O2S. The van der Waals surface area contributed by atoms with E-state index in [1.807, 2.05) is 6.07 Å². The quantitative estimate of drug-likeness (QED) is 0.797. The number of nitrogens with zero attached hydrogens (tertiary/aromatic N) is 4. The van der Waals surface area contributed by atoms with Crippen LogP contribution >= 0.6 is 0 Å². The third kappa shape index (κ3) is 4.04. The molecule has 0 N–H and O–H groups in total. The molecule has 0 unspecified atom stereocenters. The van der Waals surface area contributed by atoms with Crippen LogP contribution in [0.3, 0.4) is 0 Å². The third-order valence-corrected chi connectivity index (χ3v) is 6.17. The van der Waals surface area contributed by atoms with E-state index in [-0.39, 0.29) is 36.9 Å². The standard InChI is InChI=1S/C17H15F3N4O2S/c18-17(19,20)14-5-6-22-16(11-14)23-7-9-24(10-8-23)27(25,26)15-3-1-13(12-21)2-4-15/h1-6,11H,7-10H2. The molecule has 1 aliphatic heterocycles. The maximum Gasteiger partial charge on any atom is 0.416 e. The van der Waals surface area contributed by atoms with Crippen LogP contribution in [0.1, 0.15) is 11.1 Å². The number of aromatic nitrogens is 1. The summed E-state index contributed by atoms with van der Waals surface area (Å²) >= 11 is 0. The minimum Gasteiger partial charge on any atom is -0.354 e. The second-order valence-corrected chi connectivity index (χ2v) is 7.87. The van der Waals surface area contributed by atoms with Crippen LogP contribution in [0.25, 0.3) is 0 Å². The number of pyridine rings is 1. The lowest BCUT2D eigenvalue weighted by Gasteiger charge is -2.34. The van der Waals surface area contributed by atoms with E-state index >= 15 is 0 Å². The molecule has 1 aromatic carbocycles. The maximum atomic E-state index is 12.8. The minimum atomic E-state index is -4.46. The van der Waals surface area contributed by atoms with Gasteiger partial charge in [0, 0.05) is 32.4 Å². The van der Waals surface area contributed by atoms with E-state index in [1.165, 1.54) is 28.6 Å². The zero-order valence-electron chi connectivity index (χ0n) is 14.0. The van der Waals surface area contributed by atoms with Crippen molar-refractivity contribution < 1.29 is 21.6 Å². The van der Waals surface area contributed by atoms with Crippen molar-refractivity contribution in [2.75, 3.05) is 31.1 Å². The normalized spacial score (nSPS) is 16.1. The number of hydrogen-bond donors (Lipinski definition) is 0. The van der Waals surface area contributed by atoms with Gasteiger partial charge in [-0.3, -0.25) is 0 Å². The molecule has 3 rings (SSSR count). The van der Waals surface area contributed by atoms with Crippen molar-refractivity contribution >= 4 is 15.8 Å². The van der Waals surface area contributed by atoms with Crippen LogP contribution in [0.15, 0.2) is 47.5 Å². The Kier molecular flexibility index (Phi) is 5.08. The molecule has 6 nitrogen and oxygen atoms in total. The zero-order valence-corrected chi connectivity index (χ0v) is 14.8. The van der Waals surface area contributed by atoms with Crippen LogP contribution in [0.5, 0.6) is 0 Å². The Hall–Kier alpha value is -2.64. The Morgan fingerprint density at radius 1 is 1.04 bits per heavy atom. The average Bonchev–Trinajstić information content (AvgIpc) is 2.67. The Balaban J connectivity index is 1.72. The first-order valence-corrected chi connectivity index (χ1v) is 9.44. The van der Waals surface area contributed by atoms with Gasteiger partial charge >= 0.3 is 6.18 Å². The first kappa shape index (κ1) is 19.1. The van der Waals surface area contributed by atoms with Gasteiger partial charge in [0.05, 0.1) is 22.1 Å². The van der Waals surface area contributed by atoms with Gasteiger partial charge in [0.15, 0.2) is 0 Å². The van der Waals surface area contributed by atoms with Crippen LogP contribution < -0.4 is 4.90 Å². The number of sulfonamides is 1. The summed E-state index contributed by atoms with van der Waals surface area (Å²) in [5.41, 5.74) is -0.436. The van der Waals surface area contributed by atoms with Crippen LogP contribution in [0, 0.1) is 11.3 Å². The van der Waals surface area contributed by atoms with Gasteiger partial charge < -0.3 is 4.90 Å². The monoisotopic (exact) mass is 396 g/mol. The molecule has 0 aliphatic carbocycles. The zero-order chi connectivity index (χ0) is 19.7. The summed E-state index contributed by atoms with van der Waals surface area (Å²) in [6, 6.07) is 9.37. The lowest BCUT2D eigenvalue weighted by atomic mass is 10.2. The molecule has 0 saturated carbocycles. The van der Waals surface area contributed by atoms with Crippen LogP contribution in [0.4, 0.5) is 19.0 Å². The molecule has 1 fully saturated rings. The molecule has 1 aromatic heterocycles. The van der Waals surface area contributed by atoms with Gasteiger partial charge in [-0.2, -0.15) is 22.7 Å². The first-order chi connectivity index (χ1) is 12.7. The summed E-state index contributed by atoms with van der Waals surface area (Å²) in [7, 11) is -3.73. The van der Waals surface area contributed by atoms with Crippen LogP contribution in [-0.4, -0.2) is 43.9 Å². The molecule has 142 valence electrons. The van der Waals surface area contributed by atoms with E-state index in [1.54, 1.807) is 4.90 Å². The second-order valence-electron chi connectivity index (χ2n) is 5.93. The van der Waals surface area contributed by atoms with E-state index in [9.17, 15) is 21.6 Å². The molecule has 0 radical (unpaired) electrons. The van der Waals surface area contributed by atoms with Gasteiger partial charge in [-0.15, -0.1) is 0 Å². The number of hydrogen-bond acceptors (Lipinski definition) is 5. The predicted octanol–water partition coefficient (Wildman–Crippen LogP) is 2.48. The fraction of sp³-hybridized carbons (Fsp3) is 0.294. The summed E-state index contributed by atoms with van der Waals surface area (Å²) < 4.78 is 65.2. The molecule has 1 aliphatic rings. The van der Waals surface area contributed by atoms with E-state index in [4.69, 9.17) is 5.26 Å². The number of anilines is 1. The lowest BCUT2D eigenvalue weighted by Crippen LogP contribution is -2.49. The first-order valence-electron chi connectivity index (χ1n) is 8.00. The molecular weight excluding hydrogens is 381 g/mol. The van der Waals surface area contributed by atoms with Crippen molar-refractivity contribution in [2.24, 2.45) is 0 Å². The molecule has 2 aromatic rings. The molecule has 1 saturated heterocycles. The molecule has 0 atom stereocenters. The maximum absolute atomic E-state index is 12.8. The summed E-state index contributed by atoms with van der Waals surface area (Å²) in [5.74, 6) is 0.167. The highest BCUT2D eigenvalue weighted by Gasteiger charge is 2.32. The average molecular weight is 396 g/mol. The number of nitriles is 1. The summed E-state index contributed by atoms with van der Waals surface area (Å²) in [5, 5.41) is 8.80. The molecule has 2 heterocycles. The van der Waals surface area contributed by atoms with Crippen LogP contribution in [0.2, 0.25) is 0 Å². The highest BCUT2D eigenvalue weighted by atomic mass is 32.2. The molecule has 27 heavy (non-hydrogen) atoms. The van der Waals surface area contributed by atoms with Gasteiger partial charge in [-0.25, -0.2) is 13.4 Å². The van der Waals surface area contributed by atoms with Crippen molar-refractivity contribution in [3.63, 3.8) is 0 Å². The molecule has 0 spiro atoms. The molecule has 0 amide bonds. The van der Waals surface area contributed by atoms with Gasteiger partial charge in [-0.05, 0) is 36.4 Å². The summed E-state index contributed by atoms with van der Waals surface area (Å²) in [6.07, 6.45) is -3.36. The van der Waals surface area contributed by atoms with Crippen molar-refractivity contribution in [1.29, 1.82) is 5.26 Å².